The lowest BCUT2D eigenvalue weighted by Gasteiger charge is -2.11. The molecule has 1 nitrogen and oxygen atoms in total. The Labute approximate surface area is 80.3 Å². The third-order valence-electron chi connectivity index (χ3n) is 1.63. The van der Waals surface area contributed by atoms with E-state index in [2.05, 4.69) is 4.74 Å². The van der Waals surface area contributed by atoms with Crippen LogP contribution < -0.4 is 4.74 Å². The number of hydrogen-bond acceptors (Lipinski definition) is 1. The summed E-state index contributed by atoms with van der Waals surface area (Å²) in [5.41, 5.74) is -1.90. The summed E-state index contributed by atoms with van der Waals surface area (Å²) in [5, 5.41) is 0. The van der Waals surface area contributed by atoms with Crippen LogP contribution in [-0.2, 0) is 6.18 Å². The van der Waals surface area contributed by atoms with Crippen molar-refractivity contribution >= 4 is 0 Å². The van der Waals surface area contributed by atoms with Gasteiger partial charge in [-0.3, -0.25) is 0 Å². The molecule has 84 valence electrons. The van der Waals surface area contributed by atoms with Crippen molar-refractivity contribution in [3.8, 4) is 5.75 Å². The van der Waals surface area contributed by atoms with Gasteiger partial charge in [-0.15, -0.1) is 0 Å². The van der Waals surface area contributed by atoms with Crippen molar-refractivity contribution in [2.45, 2.75) is 6.18 Å². The van der Waals surface area contributed by atoms with E-state index in [1.165, 1.54) is 0 Å². The minimum Gasteiger partial charge on any atom is -0.491 e. The van der Waals surface area contributed by atoms with Crippen molar-refractivity contribution in [2.75, 3.05) is 7.11 Å². The second-order valence-corrected chi connectivity index (χ2v) is 2.56. The molecule has 0 saturated heterocycles. The van der Waals surface area contributed by atoms with Crippen molar-refractivity contribution in [3.63, 3.8) is 0 Å². The summed E-state index contributed by atoms with van der Waals surface area (Å²) in [6, 6.07) is -0.257. The molecule has 0 heterocycles. The summed E-state index contributed by atoms with van der Waals surface area (Å²) in [6.45, 7) is 0. The number of methoxy groups -OCH3 is 1. The second-order valence-electron chi connectivity index (χ2n) is 2.56. The zero-order chi connectivity index (χ0) is 11.8. The van der Waals surface area contributed by atoms with Crippen LogP contribution in [0.4, 0.5) is 26.3 Å². The average Bonchev–Trinajstić information content (AvgIpc) is 2.10. The first-order chi connectivity index (χ1) is 6.79. The van der Waals surface area contributed by atoms with Crippen LogP contribution in [-0.4, -0.2) is 7.11 Å². The minimum absolute atomic E-state index is 0.257. The maximum Gasteiger partial charge on any atom is 0.419 e. The van der Waals surface area contributed by atoms with Crippen molar-refractivity contribution in [2.24, 2.45) is 0 Å². The Morgan fingerprint density at radius 2 is 1.60 bits per heavy atom. The summed E-state index contributed by atoms with van der Waals surface area (Å²) >= 11 is 0. The molecule has 1 rings (SSSR count). The van der Waals surface area contributed by atoms with Crippen LogP contribution in [0.1, 0.15) is 5.56 Å². The van der Waals surface area contributed by atoms with Gasteiger partial charge in [-0.05, 0) is 6.07 Å². The van der Waals surface area contributed by atoms with Crippen LogP contribution in [0.5, 0.6) is 5.75 Å². The van der Waals surface area contributed by atoms with Crippen molar-refractivity contribution in [1.29, 1.82) is 0 Å². The fourth-order valence-corrected chi connectivity index (χ4v) is 0.966. The SMILES string of the molecule is COc1c(F)c(F)cc(C(F)(F)F)c1F. The Kier molecular flexibility index (Phi) is 2.83. The summed E-state index contributed by atoms with van der Waals surface area (Å²) in [6.07, 6.45) is -5.11. The molecule has 0 unspecified atom stereocenters. The number of rotatable bonds is 1. The van der Waals surface area contributed by atoms with E-state index in [9.17, 15) is 26.3 Å². The summed E-state index contributed by atoms with van der Waals surface area (Å²) in [4.78, 5) is 0. The molecule has 15 heavy (non-hydrogen) atoms. The highest BCUT2D eigenvalue weighted by Gasteiger charge is 2.37. The largest absolute Gasteiger partial charge is 0.491 e. The average molecular weight is 230 g/mol. The predicted octanol–water partition coefficient (Wildman–Crippen LogP) is 3.13. The van der Waals surface area contributed by atoms with Crippen LogP contribution in [0.25, 0.3) is 0 Å². The molecule has 0 atom stereocenters. The molecule has 0 bridgehead atoms. The minimum atomic E-state index is -5.11. The number of benzene rings is 1. The van der Waals surface area contributed by atoms with E-state index in [1.807, 2.05) is 0 Å². The molecule has 0 N–H and O–H groups in total. The first kappa shape index (κ1) is 11.7. The third kappa shape index (κ3) is 2.00. The van der Waals surface area contributed by atoms with E-state index in [0.29, 0.717) is 0 Å². The van der Waals surface area contributed by atoms with Gasteiger partial charge in [0.25, 0.3) is 0 Å². The van der Waals surface area contributed by atoms with Gasteiger partial charge in [0.1, 0.15) is 0 Å². The zero-order valence-electron chi connectivity index (χ0n) is 7.25. The number of halogens is 6. The van der Waals surface area contributed by atoms with Crippen molar-refractivity contribution in [3.05, 3.63) is 29.1 Å². The lowest BCUT2D eigenvalue weighted by atomic mass is 10.1. The molecule has 0 saturated carbocycles. The Morgan fingerprint density at radius 3 is 2.00 bits per heavy atom. The molecular formula is C8H4F6O. The fourth-order valence-electron chi connectivity index (χ4n) is 0.966. The van der Waals surface area contributed by atoms with Gasteiger partial charge in [0, 0.05) is 0 Å². The lowest BCUT2D eigenvalue weighted by molar-refractivity contribution is -0.140. The molecule has 0 aliphatic heterocycles. The van der Waals surface area contributed by atoms with Crippen LogP contribution >= 0.6 is 0 Å². The molecule has 0 aliphatic carbocycles. The third-order valence-corrected chi connectivity index (χ3v) is 1.63. The molecule has 0 aliphatic rings. The molecule has 0 aromatic heterocycles. The van der Waals surface area contributed by atoms with Crippen LogP contribution in [0.15, 0.2) is 6.07 Å². The van der Waals surface area contributed by atoms with Gasteiger partial charge in [-0.2, -0.15) is 17.6 Å². The normalized spacial score (nSPS) is 11.7. The molecule has 0 fully saturated rings. The highest BCUT2D eigenvalue weighted by molar-refractivity contribution is 5.35. The lowest BCUT2D eigenvalue weighted by Crippen LogP contribution is -2.11. The van der Waals surface area contributed by atoms with Gasteiger partial charge < -0.3 is 4.74 Å². The first-order valence-electron chi connectivity index (χ1n) is 3.57. The summed E-state index contributed by atoms with van der Waals surface area (Å²) < 4.78 is 78.6. The van der Waals surface area contributed by atoms with Gasteiger partial charge >= 0.3 is 6.18 Å². The Balaban J connectivity index is 3.51. The van der Waals surface area contributed by atoms with E-state index in [1.54, 1.807) is 0 Å². The predicted molar refractivity (Wildman–Crippen MR) is 37.9 cm³/mol. The number of hydrogen-bond donors (Lipinski definition) is 0. The van der Waals surface area contributed by atoms with E-state index in [0.717, 1.165) is 7.11 Å². The van der Waals surface area contributed by atoms with Gasteiger partial charge in [0.05, 0.1) is 12.7 Å². The highest BCUT2D eigenvalue weighted by atomic mass is 19.4. The Morgan fingerprint density at radius 1 is 1.07 bits per heavy atom. The quantitative estimate of drug-likeness (QED) is 0.532. The van der Waals surface area contributed by atoms with Crippen LogP contribution in [0.2, 0.25) is 0 Å². The second kappa shape index (κ2) is 3.63. The van der Waals surface area contributed by atoms with E-state index in [-0.39, 0.29) is 6.07 Å². The molecule has 7 heteroatoms. The maximum absolute atomic E-state index is 13.0. The summed E-state index contributed by atoms with van der Waals surface area (Å²) in [5.74, 6) is -6.96. The molecule has 0 radical (unpaired) electrons. The summed E-state index contributed by atoms with van der Waals surface area (Å²) in [7, 11) is 0.737. The van der Waals surface area contributed by atoms with E-state index >= 15 is 0 Å². The van der Waals surface area contributed by atoms with Gasteiger partial charge in [0.15, 0.2) is 17.4 Å². The van der Waals surface area contributed by atoms with Crippen molar-refractivity contribution < 1.29 is 31.1 Å². The molecule has 1 aromatic carbocycles. The standard InChI is InChI=1S/C8H4F6O/c1-15-7-5(10)3(8(12,13)14)2-4(9)6(7)11/h2H,1H3. The molecule has 0 amide bonds. The van der Waals surface area contributed by atoms with E-state index < -0.39 is 34.9 Å². The maximum atomic E-state index is 13.0. The molecular weight excluding hydrogens is 226 g/mol. The van der Waals surface area contributed by atoms with Crippen LogP contribution in [0.3, 0.4) is 0 Å². The van der Waals surface area contributed by atoms with Crippen molar-refractivity contribution in [1.82, 2.24) is 0 Å². The Bertz CT molecular complexity index is 384. The topological polar surface area (TPSA) is 9.23 Å². The number of ether oxygens (including phenoxy) is 1. The monoisotopic (exact) mass is 230 g/mol. The first-order valence-corrected chi connectivity index (χ1v) is 3.57. The van der Waals surface area contributed by atoms with Crippen LogP contribution in [0, 0.1) is 17.5 Å². The smallest absolute Gasteiger partial charge is 0.419 e. The van der Waals surface area contributed by atoms with Gasteiger partial charge in [0.2, 0.25) is 5.82 Å². The van der Waals surface area contributed by atoms with E-state index in [4.69, 9.17) is 0 Å². The highest BCUT2D eigenvalue weighted by Crippen LogP contribution is 2.37. The zero-order valence-corrected chi connectivity index (χ0v) is 7.25. The Hall–Kier alpha value is -1.40. The van der Waals surface area contributed by atoms with Gasteiger partial charge in [-0.25, -0.2) is 8.78 Å². The number of alkyl halides is 3. The van der Waals surface area contributed by atoms with Gasteiger partial charge in [-0.1, -0.05) is 0 Å². The molecule has 0 spiro atoms. The molecule has 1 aromatic rings. The fraction of sp³-hybridized carbons (Fsp3) is 0.250.